The summed E-state index contributed by atoms with van der Waals surface area (Å²) in [5, 5.41) is 5.86. The Morgan fingerprint density at radius 1 is 1.25 bits per heavy atom. The Labute approximate surface area is 126 Å². The van der Waals surface area contributed by atoms with E-state index in [-0.39, 0.29) is 5.28 Å². The van der Waals surface area contributed by atoms with Gasteiger partial charge in [0.05, 0.1) is 11.1 Å². The van der Waals surface area contributed by atoms with Crippen molar-refractivity contribution in [2.24, 2.45) is 0 Å². The maximum Gasteiger partial charge on any atom is 0.225 e. The van der Waals surface area contributed by atoms with Crippen molar-refractivity contribution in [1.82, 2.24) is 19.7 Å². The van der Waals surface area contributed by atoms with E-state index in [0.717, 1.165) is 33.8 Å². The number of halogens is 1. The minimum absolute atomic E-state index is 0.266. The summed E-state index contributed by atoms with van der Waals surface area (Å²) in [6.45, 7) is 8.25. The van der Waals surface area contributed by atoms with E-state index in [2.05, 4.69) is 35.0 Å². The third-order valence-corrected chi connectivity index (χ3v) is 4.94. The monoisotopic (exact) mass is 306 g/mol. The molecule has 0 bridgehead atoms. The van der Waals surface area contributed by atoms with E-state index in [9.17, 15) is 0 Å². The zero-order valence-corrected chi connectivity index (χ0v) is 13.4. The van der Waals surface area contributed by atoms with E-state index in [1.807, 2.05) is 18.5 Å². The molecule has 3 heterocycles. The first-order valence-corrected chi connectivity index (χ1v) is 7.69. The highest BCUT2D eigenvalue weighted by molar-refractivity contribution is 7.18. The summed E-state index contributed by atoms with van der Waals surface area (Å²) in [5.74, 6) is 0.768. The fourth-order valence-electron chi connectivity index (χ4n) is 2.19. The van der Waals surface area contributed by atoms with Crippen LogP contribution in [0.15, 0.2) is 6.07 Å². The van der Waals surface area contributed by atoms with Gasteiger partial charge in [0, 0.05) is 10.6 Å². The third-order valence-electron chi connectivity index (χ3n) is 3.60. The molecule has 3 aromatic rings. The zero-order chi connectivity index (χ0) is 14.4. The summed E-state index contributed by atoms with van der Waals surface area (Å²) >= 11 is 7.73. The first-order valence-electron chi connectivity index (χ1n) is 6.50. The van der Waals surface area contributed by atoms with Gasteiger partial charge >= 0.3 is 0 Å². The molecule has 0 amide bonds. The Morgan fingerprint density at radius 3 is 2.60 bits per heavy atom. The first-order chi connectivity index (χ1) is 9.51. The summed E-state index contributed by atoms with van der Waals surface area (Å²) in [6.07, 6.45) is 0.980. The van der Waals surface area contributed by atoms with Gasteiger partial charge in [-0.1, -0.05) is 6.92 Å². The van der Waals surface area contributed by atoms with Gasteiger partial charge in [0.1, 0.15) is 4.83 Å². The van der Waals surface area contributed by atoms with E-state index in [0.29, 0.717) is 0 Å². The van der Waals surface area contributed by atoms with Crippen LogP contribution in [0.3, 0.4) is 0 Å². The number of aromatic nitrogens is 4. The highest BCUT2D eigenvalue weighted by Crippen LogP contribution is 2.30. The van der Waals surface area contributed by atoms with Gasteiger partial charge in [0.25, 0.3) is 0 Å². The number of hydrogen-bond donors (Lipinski definition) is 0. The Morgan fingerprint density at radius 2 is 2.00 bits per heavy atom. The second-order valence-electron chi connectivity index (χ2n) is 4.81. The largest absolute Gasteiger partial charge is 0.225 e. The molecule has 0 saturated carbocycles. The number of aryl methyl sites for hydroxylation is 2. The van der Waals surface area contributed by atoms with Gasteiger partial charge in [-0.15, -0.1) is 11.3 Å². The van der Waals surface area contributed by atoms with Gasteiger partial charge in [-0.25, -0.2) is 9.67 Å². The van der Waals surface area contributed by atoms with E-state index in [1.54, 1.807) is 11.3 Å². The number of thiophene rings is 1. The average Bonchev–Trinajstić information content (AvgIpc) is 2.94. The van der Waals surface area contributed by atoms with Gasteiger partial charge in [0.2, 0.25) is 5.28 Å². The van der Waals surface area contributed by atoms with Gasteiger partial charge in [-0.2, -0.15) is 10.1 Å². The van der Waals surface area contributed by atoms with Gasteiger partial charge < -0.3 is 0 Å². The molecule has 0 N–H and O–H groups in total. The van der Waals surface area contributed by atoms with Crippen molar-refractivity contribution in [3.8, 4) is 5.82 Å². The second kappa shape index (κ2) is 4.82. The van der Waals surface area contributed by atoms with Gasteiger partial charge in [0.15, 0.2) is 5.82 Å². The lowest BCUT2D eigenvalue weighted by Gasteiger charge is -2.05. The predicted octanol–water partition coefficient (Wildman–Crippen LogP) is 4.02. The van der Waals surface area contributed by atoms with Crippen molar-refractivity contribution < 1.29 is 0 Å². The maximum absolute atomic E-state index is 6.07. The average molecular weight is 307 g/mol. The van der Waals surface area contributed by atoms with Crippen LogP contribution >= 0.6 is 22.9 Å². The van der Waals surface area contributed by atoms with Crippen molar-refractivity contribution in [3.63, 3.8) is 0 Å². The second-order valence-corrected chi connectivity index (χ2v) is 6.26. The van der Waals surface area contributed by atoms with Crippen molar-refractivity contribution in [3.05, 3.63) is 33.2 Å². The molecule has 20 heavy (non-hydrogen) atoms. The fraction of sp³-hybridized carbons (Fsp3) is 0.357. The predicted molar refractivity (Wildman–Crippen MR) is 83.1 cm³/mol. The fourth-order valence-corrected chi connectivity index (χ4v) is 3.37. The molecule has 0 saturated heterocycles. The lowest BCUT2D eigenvalue weighted by molar-refractivity contribution is 0.810. The summed E-state index contributed by atoms with van der Waals surface area (Å²) in [5.41, 5.74) is 3.28. The number of rotatable bonds is 2. The lowest BCUT2D eigenvalue weighted by Crippen LogP contribution is -2.03. The van der Waals surface area contributed by atoms with Crippen LogP contribution in [0.25, 0.3) is 16.0 Å². The molecule has 0 fully saturated rings. The highest BCUT2D eigenvalue weighted by Gasteiger charge is 2.16. The Hall–Kier alpha value is -1.46. The molecule has 4 nitrogen and oxygen atoms in total. The molecule has 0 aliphatic rings. The summed E-state index contributed by atoms with van der Waals surface area (Å²) in [4.78, 5) is 10.9. The quantitative estimate of drug-likeness (QED) is 0.672. The zero-order valence-electron chi connectivity index (χ0n) is 11.9. The van der Waals surface area contributed by atoms with Crippen molar-refractivity contribution in [1.29, 1.82) is 0 Å². The summed E-state index contributed by atoms with van der Waals surface area (Å²) < 4.78 is 1.87. The topological polar surface area (TPSA) is 43.6 Å². The van der Waals surface area contributed by atoms with E-state index in [4.69, 9.17) is 11.6 Å². The van der Waals surface area contributed by atoms with Crippen molar-refractivity contribution >= 4 is 33.2 Å². The minimum Gasteiger partial charge on any atom is -0.218 e. The maximum atomic E-state index is 6.07. The summed E-state index contributed by atoms with van der Waals surface area (Å²) in [6, 6.07) is 2.14. The van der Waals surface area contributed by atoms with Crippen LogP contribution in [0.4, 0.5) is 0 Å². The van der Waals surface area contributed by atoms with Crippen molar-refractivity contribution in [2.45, 2.75) is 34.1 Å². The van der Waals surface area contributed by atoms with Crippen LogP contribution in [-0.2, 0) is 6.42 Å². The van der Waals surface area contributed by atoms with Crippen LogP contribution in [0, 0.1) is 20.8 Å². The van der Waals surface area contributed by atoms with Gasteiger partial charge in [-0.05, 0) is 50.4 Å². The smallest absolute Gasteiger partial charge is 0.218 e. The van der Waals surface area contributed by atoms with Crippen molar-refractivity contribution in [2.75, 3.05) is 0 Å². The minimum atomic E-state index is 0.266. The molecule has 0 atom stereocenters. The molecule has 0 aromatic carbocycles. The first kappa shape index (κ1) is 13.5. The SMILES string of the molecule is CCc1cc2c(-n3nc(C)c(C)c3C)nc(Cl)nc2s1. The number of nitrogens with zero attached hydrogens (tertiary/aromatic N) is 4. The molecular formula is C14H15ClN4S. The van der Waals surface area contributed by atoms with Crippen LogP contribution < -0.4 is 0 Å². The molecule has 0 spiro atoms. The van der Waals surface area contributed by atoms with Crippen LogP contribution in [0.5, 0.6) is 0 Å². The Bertz CT molecular complexity index is 803. The molecular weight excluding hydrogens is 292 g/mol. The van der Waals surface area contributed by atoms with Crippen LogP contribution in [0.2, 0.25) is 5.28 Å². The van der Waals surface area contributed by atoms with Crippen LogP contribution in [0.1, 0.15) is 28.8 Å². The normalized spacial score (nSPS) is 11.4. The highest BCUT2D eigenvalue weighted by atomic mass is 35.5. The third kappa shape index (κ3) is 2.01. The Kier molecular flexibility index (Phi) is 3.26. The van der Waals surface area contributed by atoms with Gasteiger partial charge in [-0.3, -0.25) is 0 Å². The van der Waals surface area contributed by atoms with E-state index < -0.39 is 0 Å². The molecule has 3 aromatic heterocycles. The number of fused-ring (bicyclic) bond motifs is 1. The molecule has 3 rings (SSSR count). The molecule has 104 valence electrons. The molecule has 6 heteroatoms. The summed E-state index contributed by atoms with van der Waals surface area (Å²) in [7, 11) is 0. The molecule has 0 radical (unpaired) electrons. The molecule has 0 aliphatic carbocycles. The Balaban J connectivity index is 2.34. The molecule has 0 unspecified atom stereocenters. The molecule has 0 aliphatic heterocycles. The van der Waals surface area contributed by atoms with E-state index in [1.165, 1.54) is 10.4 Å². The van der Waals surface area contributed by atoms with Crippen LogP contribution in [-0.4, -0.2) is 19.7 Å². The standard InChI is InChI=1S/C14H15ClN4S/c1-5-10-6-11-12(16-14(15)17-13(11)20-10)19-9(4)7(2)8(3)18-19/h6H,5H2,1-4H3. The van der Waals surface area contributed by atoms with E-state index >= 15 is 0 Å². The lowest BCUT2D eigenvalue weighted by atomic mass is 10.2. The number of hydrogen-bond acceptors (Lipinski definition) is 4.